The first-order valence-electron chi connectivity index (χ1n) is 9.59. The molecule has 1 heteroatoms. The molecule has 2 aliphatic rings. The second kappa shape index (κ2) is 6.17. The first-order valence-corrected chi connectivity index (χ1v) is 9.59. The smallest absolute Gasteiger partial charge is 0.0497 e. The fraction of sp³-hybridized carbons (Fsp3) is 0.200. The van der Waals surface area contributed by atoms with Crippen molar-refractivity contribution in [2.24, 2.45) is 0 Å². The lowest BCUT2D eigenvalue weighted by Gasteiger charge is -2.13. The Hall–Kier alpha value is -2.80. The van der Waals surface area contributed by atoms with E-state index in [4.69, 9.17) is 0 Å². The van der Waals surface area contributed by atoms with Crippen molar-refractivity contribution in [1.82, 2.24) is 4.57 Å². The number of hydrogen-bond acceptors (Lipinski definition) is 0. The Labute approximate surface area is 154 Å². The summed E-state index contributed by atoms with van der Waals surface area (Å²) >= 11 is 0. The first-order chi connectivity index (χ1) is 12.8. The molecule has 0 saturated heterocycles. The third kappa shape index (κ3) is 2.47. The maximum Gasteiger partial charge on any atom is 0.0497 e. The maximum absolute atomic E-state index is 2.47. The average molecular weight is 337 g/mol. The van der Waals surface area contributed by atoms with E-state index in [1.807, 2.05) is 0 Å². The Morgan fingerprint density at radius 2 is 1.69 bits per heavy atom. The van der Waals surface area contributed by atoms with Crippen LogP contribution in [-0.2, 0) is 6.42 Å². The van der Waals surface area contributed by atoms with Gasteiger partial charge >= 0.3 is 0 Å². The highest BCUT2D eigenvalue weighted by molar-refractivity contribution is 5.68. The molecule has 0 saturated carbocycles. The summed E-state index contributed by atoms with van der Waals surface area (Å²) in [6.45, 7) is 2.14. The van der Waals surface area contributed by atoms with Crippen LogP contribution >= 0.6 is 0 Å². The number of benzene rings is 2. The zero-order valence-electron chi connectivity index (χ0n) is 15.2. The predicted octanol–water partition coefficient (Wildman–Crippen LogP) is 4.77. The molecule has 0 spiro atoms. The van der Waals surface area contributed by atoms with Crippen molar-refractivity contribution in [1.29, 1.82) is 0 Å². The summed E-state index contributed by atoms with van der Waals surface area (Å²) < 4.78 is 2.47. The van der Waals surface area contributed by atoms with Gasteiger partial charge in [0.25, 0.3) is 0 Å². The summed E-state index contributed by atoms with van der Waals surface area (Å²) in [5.41, 5.74) is 8.01. The van der Waals surface area contributed by atoms with E-state index in [1.165, 1.54) is 44.2 Å². The molecular weight excluding hydrogens is 314 g/mol. The Bertz CT molecular complexity index is 1120. The van der Waals surface area contributed by atoms with Gasteiger partial charge in [-0.1, -0.05) is 60.2 Å². The minimum atomic E-state index is 1.14. The fourth-order valence-corrected chi connectivity index (χ4v) is 4.26. The third-order valence-corrected chi connectivity index (χ3v) is 5.57. The molecule has 5 rings (SSSR count). The highest BCUT2D eigenvalue weighted by Gasteiger charge is 2.17. The normalized spacial score (nSPS) is 15.0. The lowest BCUT2D eigenvalue weighted by molar-refractivity contribution is 0.949. The van der Waals surface area contributed by atoms with Crippen molar-refractivity contribution in [2.75, 3.05) is 0 Å². The fourth-order valence-electron chi connectivity index (χ4n) is 4.26. The van der Waals surface area contributed by atoms with Gasteiger partial charge in [0.1, 0.15) is 0 Å². The number of aryl methyl sites for hydroxylation is 1. The van der Waals surface area contributed by atoms with Crippen LogP contribution in [-0.4, -0.2) is 4.57 Å². The van der Waals surface area contributed by atoms with Crippen molar-refractivity contribution >= 4 is 18.2 Å². The number of fused-ring (bicyclic) bond motifs is 3. The van der Waals surface area contributed by atoms with Gasteiger partial charge < -0.3 is 4.57 Å². The predicted molar refractivity (Wildman–Crippen MR) is 111 cm³/mol. The summed E-state index contributed by atoms with van der Waals surface area (Å²) in [4.78, 5) is 0. The second-order valence-electron chi connectivity index (χ2n) is 7.34. The summed E-state index contributed by atoms with van der Waals surface area (Å²) in [7, 11) is 0. The van der Waals surface area contributed by atoms with E-state index in [2.05, 4.69) is 84.3 Å². The molecule has 0 bridgehead atoms. The topological polar surface area (TPSA) is 4.93 Å². The van der Waals surface area contributed by atoms with Gasteiger partial charge in [-0.3, -0.25) is 0 Å². The van der Waals surface area contributed by atoms with E-state index in [1.54, 1.807) is 0 Å². The van der Waals surface area contributed by atoms with Gasteiger partial charge in [0.15, 0.2) is 0 Å². The lowest BCUT2D eigenvalue weighted by atomic mass is 10.0. The zero-order valence-corrected chi connectivity index (χ0v) is 15.2. The van der Waals surface area contributed by atoms with Crippen LogP contribution in [0, 0.1) is 6.92 Å². The number of aromatic nitrogens is 1. The average Bonchev–Trinajstić information content (AvgIpc) is 3.03. The summed E-state index contributed by atoms with van der Waals surface area (Å²) in [5, 5.41) is 2.85. The molecule has 26 heavy (non-hydrogen) atoms. The molecule has 0 radical (unpaired) electrons. The van der Waals surface area contributed by atoms with E-state index in [-0.39, 0.29) is 0 Å². The number of rotatable bonds is 2. The highest BCUT2D eigenvalue weighted by atomic mass is 15.0. The summed E-state index contributed by atoms with van der Waals surface area (Å²) in [6.07, 6.45) is 14.1. The maximum atomic E-state index is 2.47. The SMILES string of the molecule is Cc1ccc(-c2cccc(-n3c4c(c5c3=CCCC=5)CCC=C4)c2)cc1. The molecule has 1 heterocycles. The summed E-state index contributed by atoms with van der Waals surface area (Å²) in [6, 6.07) is 17.8. The van der Waals surface area contributed by atoms with Crippen molar-refractivity contribution in [3.8, 4) is 16.8 Å². The molecule has 2 aliphatic carbocycles. The molecule has 1 aromatic heterocycles. The van der Waals surface area contributed by atoms with E-state index in [0.717, 1.165) is 25.7 Å². The quantitative estimate of drug-likeness (QED) is 0.635. The number of nitrogens with zero attached hydrogens (tertiary/aromatic N) is 1. The van der Waals surface area contributed by atoms with Gasteiger partial charge in [0.2, 0.25) is 0 Å². The van der Waals surface area contributed by atoms with Crippen LogP contribution in [0.3, 0.4) is 0 Å². The van der Waals surface area contributed by atoms with E-state index in [0.29, 0.717) is 0 Å². The van der Waals surface area contributed by atoms with Gasteiger partial charge in [-0.25, -0.2) is 0 Å². The largest absolute Gasteiger partial charge is 0.310 e. The number of hydrogen-bond donors (Lipinski definition) is 0. The van der Waals surface area contributed by atoms with Crippen LogP contribution in [0.15, 0.2) is 54.6 Å². The van der Waals surface area contributed by atoms with Crippen LogP contribution in [0.4, 0.5) is 0 Å². The molecule has 0 atom stereocenters. The first kappa shape index (κ1) is 15.5. The standard InChI is InChI=1S/C25H23N/c1-18-13-15-19(16-14-18)20-7-6-8-21(17-20)26-24-11-4-2-9-22(24)23-10-3-5-12-25(23)26/h4,6-8,10-17H,2-3,5,9H2,1H3. The molecule has 0 fully saturated rings. The molecule has 1 nitrogen and oxygen atoms in total. The minimum Gasteiger partial charge on any atom is -0.310 e. The Kier molecular flexibility index (Phi) is 3.67. The van der Waals surface area contributed by atoms with Crippen molar-refractivity contribution in [2.45, 2.75) is 32.6 Å². The third-order valence-electron chi connectivity index (χ3n) is 5.57. The molecular formula is C25H23N. The van der Waals surface area contributed by atoms with Crippen molar-refractivity contribution in [3.63, 3.8) is 0 Å². The van der Waals surface area contributed by atoms with Crippen molar-refractivity contribution in [3.05, 3.63) is 82.0 Å². The van der Waals surface area contributed by atoms with E-state index < -0.39 is 0 Å². The molecule has 3 aromatic rings. The Morgan fingerprint density at radius 1 is 0.846 bits per heavy atom. The van der Waals surface area contributed by atoms with Crippen LogP contribution in [0.1, 0.15) is 36.1 Å². The van der Waals surface area contributed by atoms with Gasteiger partial charge in [0.05, 0.1) is 0 Å². The second-order valence-corrected chi connectivity index (χ2v) is 7.34. The minimum absolute atomic E-state index is 1.14. The summed E-state index contributed by atoms with van der Waals surface area (Å²) in [5.74, 6) is 0. The molecule has 0 aliphatic heterocycles. The molecule has 0 unspecified atom stereocenters. The number of allylic oxidation sites excluding steroid dienone is 1. The Morgan fingerprint density at radius 3 is 2.58 bits per heavy atom. The van der Waals surface area contributed by atoms with Gasteiger partial charge in [-0.05, 0) is 72.7 Å². The molecule has 2 aromatic carbocycles. The molecule has 0 amide bonds. The lowest BCUT2D eigenvalue weighted by Crippen LogP contribution is -2.31. The molecule has 0 N–H and O–H groups in total. The van der Waals surface area contributed by atoms with Crippen LogP contribution in [0.2, 0.25) is 0 Å². The van der Waals surface area contributed by atoms with Crippen molar-refractivity contribution < 1.29 is 0 Å². The van der Waals surface area contributed by atoms with Gasteiger partial charge in [-0.2, -0.15) is 0 Å². The van der Waals surface area contributed by atoms with Crippen LogP contribution in [0.5, 0.6) is 0 Å². The molecule has 128 valence electrons. The Balaban J connectivity index is 1.73. The monoisotopic (exact) mass is 337 g/mol. The highest BCUT2D eigenvalue weighted by Crippen LogP contribution is 2.25. The van der Waals surface area contributed by atoms with E-state index >= 15 is 0 Å². The van der Waals surface area contributed by atoms with Crippen LogP contribution in [0.25, 0.3) is 35.0 Å². The van der Waals surface area contributed by atoms with Gasteiger partial charge in [-0.15, -0.1) is 0 Å². The van der Waals surface area contributed by atoms with E-state index in [9.17, 15) is 0 Å². The van der Waals surface area contributed by atoms with Crippen LogP contribution < -0.4 is 10.6 Å². The zero-order chi connectivity index (χ0) is 17.5. The van der Waals surface area contributed by atoms with Gasteiger partial charge in [0, 0.05) is 16.7 Å².